The van der Waals surface area contributed by atoms with Crippen LogP contribution in [0.1, 0.15) is 33.1 Å². The van der Waals surface area contributed by atoms with Gasteiger partial charge < -0.3 is 15.3 Å². The molecular formula is C42H47N9O4S. The predicted octanol–water partition coefficient (Wildman–Crippen LogP) is 4.26. The third-order valence-corrected chi connectivity index (χ3v) is 10.6. The molecule has 2 aromatic carbocycles. The molecular weight excluding hydrogens is 727 g/mol. The van der Waals surface area contributed by atoms with Crippen LogP contribution >= 0.6 is 0 Å². The number of hydrogen-bond acceptors (Lipinski definition) is 11. The number of benzene rings is 2. The lowest BCUT2D eigenvalue weighted by Gasteiger charge is -2.29. The zero-order valence-electron chi connectivity index (χ0n) is 31.6. The summed E-state index contributed by atoms with van der Waals surface area (Å²) in [5.41, 5.74) is 4.62. The number of carbonyl (C=O) groups excluding carboxylic acids is 1. The normalized spacial score (nSPS) is 12.2. The molecule has 0 saturated heterocycles. The Morgan fingerprint density at radius 1 is 0.643 bits per heavy atom. The molecule has 1 amide bonds. The molecule has 4 heterocycles. The van der Waals surface area contributed by atoms with Crippen LogP contribution in [0.3, 0.4) is 0 Å². The summed E-state index contributed by atoms with van der Waals surface area (Å²) in [6, 6.07) is 31.6. The summed E-state index contributed by atoms with van der Waals surface area (Å²) >= 11 is 0. The lowest BCUT2D eigenvalue weighted by atomic mass is 10.1. The first-order valence-electron chi connectivity index (χ1n) is 18.4. The maximum Gasteiger partial charge on any atom is 0.252 e. The van der Waals surface area contributed by atoms with Gasteiger partial charge in [-0.05, 0) is 60.7 Å². The monoisotopic (exact) mass is 773 g/mol. The molecule has 0 saturated carbocycles. The van der Waals surface area contributed by atoms with Crippen molar-refractivity contribution in [1.82, 2.24) is 39.8 Å². The fraction of sp³-hybridized carbons (Fsp3) is 0.262. The molecule has 6 rings (SSSR count). The molecule has 13 nitrogen and oxygen atoms in total. The van der Waals surface area contributed by atoms with E-state index in [1.54, 1.807) is 48.9 Å². The van der Waals surface area contributed by atoms with Crippen molar-refractivity contribution in [2.75, 3.05) is 45.2 Å². The number of pyridine rings is 4. The number of aliphatic hydroxyl groups is 1. The van der Waals surface area contributed by atoms with Crippen LogP contribution in [0.4, 0.5) is 5.69 Å². The van der Waals surface area contributed by atoms with Crippen LogP contribution in [0, 0.1) is 0 Å². The van der Waals surface area contributed by atoms with Crippen molar-refractivity contribution in [3.63, 3.8) is 0 Å². The second-order valence-electron chi connectivity index (χ2n) is 13.7. The zero-order valence-corrected chi connectivity index (χ0v) is 32.4. The van der Waals surface area contributed by atoms with Crippen LogP contribution in [0.5, 0.6) is 0 Å². The quantitative estimate of drug-likeness (QED) is 0.101. The van der Waals surface area contributed by atoms with Crippen molar-refractivity contribution in [3.05, 3.63) is 156 Å². The Labute approximate surface area is 328 Å². The van der Waals surface area contributed by atoms with Crippen molar-refractivity contribution in [2.24, 2.45) is 0 Å². The smallest absolute Gasteiger partial charge is 0.252 e. The van der Waals surface area contributed by atoms with Gasteiger partial charge in [-0.3, -0.25) is 34.5 Å². The number of nitrogens with zero attached hydrogens (tertiary/aromatic N) is 7. The van der Waals surface area contributed by atoms with Crippen LogP contribution in [0.2, 0.25) is 0 Å². The van der Waals surface area contributed by atoms with Gasteiger partial charge in [-0.1, -0.05) is 42.5 Å². The minimum atomic E-state index is -3.84. The van der Waals surface area contributed by atoms with E-state index in [1.165, 1.54) is 6.20 Å². The van der Waals surface area contributed by atoms with Gasteiger partial charge in [0.2, 0.25) is 10.0 Å². The fourth-order valence-corrected chi connectivity index (χ4v) is 7.75. The maximum absolute atomic E-state index is 13.3. The summed E-state index contributed by atoms with van der Waals surface area (Å²) < 4.78 is 29.2. The Kier molecular flexibility index (Phi) is 13.8. The van der Waals surface area contributed by atoms with Gasteiger partial charge in [0, 0.05) is 108 Å². The number of sulfonamides is 1. The third kappa shape index (κ3) is 11.2. The number of aliphatic hydroxyl groups excluding tert-OH is 1. The molecule has 1 unspecified atom stereocenters. The van der Waals surface area contributed by atoms with Gasteiger partial charge >= 0.3 is 0 Å². The highest BCUT2D eigenvalue weighted by atomic mass is 32.2. The van der Waals surface area contributed by atoms with Crippen molar-refractivity contribution in [1.29, 1.82) is 0 Å². The van der Waals surface area contributed by atoms with E-state index in [4.69, 9.17) is 0 Å². The topological polar surface area (TPSA) is 157 Å². The first-order valence-corrected chi connectivity index (χ1v) is 19.9. The van der Waals surface area contributed by atoms with E-state index in [-0.39, 0.29) is 23.9 Å². The van der Waals surface area contributed by atoms with Gasteiger partial charge in [0.1, 0.15) is 0 Å². The molecule has 3 N–H and O–H groups in total. The van der Waals surface area contributed by atoms with Crippen LogP contribution in [-0.2, 0) is 36.2 Å². The highest BCUT2D eigenvalue weighted by Crippen LogP contribution is 2.30. The number of carbonyl (C=O) groups is 1. The Hall–Kier alpha value is -5.64. The van der Waals surface area contributed by atoms with E-state index in [2.05, 4.69) is 39.8 Å². The SMILES string of the molecule is CN(C)c1cccc2c(S(=O)(=O)NCCNC(=O)c3ccc(CN(Cc4ccccn4)CC(O)CN(Cc4ccccn4)Cc4ccccn4)nc3)cccc12. The fourth-order valence-electron chi connectivity index (χ4n) is 6.50. The van der Waals surface area contributed by atoms with Gasteiger partial charge in [0.15, 0.2) is 0 Å². The number of aromatic nitrogens is 4. The number of fused-ring (bicyclic) bond motifs is 1. The maximum atomic E-state index is 13.3. The first-order chi connectivity index (χ1) is 27.1. The summed E-state index contributed by atoms with van der Waals surface area (Å²) in [7, 11) is -0.0161. The van der Waals surface area contributed by atoms with Crippen molar-refractivity contribution >= 4 is 32.4 Å². The molecule has 0 aliphatic carbocycles. The number of hydrogen-bond donors (Lipinski definition) is 3. The molecule has 290 valence electrons. The van der Waals surface area contributed by atoms with E-state index in [0.29, 0.717) is 55.9 Å². The molecule has 0 aliphatic heterocycles. The minimum absolute atomic E-state index is 0.00923. The number of anilines is 1. The van der Waals surface area contributed by atoms with Gasteiger partial charge in [-0.15, -0.1) is 0 Å². The van der Waals surface area contributed by atoms with Crippen LogP contribution in [-0.4, -0.2) is 95.5 Å². The molecule has 56 heavy (non-hydrogen) atoms. The van der Waals surface area contributed by atoms with Crippen molar-refractivity contribution in [3.8, 4) is 0 Å². The molecule has 0 fully saturated rings. The van der Waals surface area contributed by atoms with E-state index in [1.807, 2.05) is 91.8 Å². The largest absolute Gasteiger partial charge is 0.390 e. The summed E-state index contributed by atoms with van der Waals surface area (Å²) in [5.74, 6) is -0.370. The Morgan fingerprint density at radius 3 is 1.68 bits per heavy atom. The van der Waals surface area contributed by atoms with Gasteiger partial charge in [0.05, 0.1) is 39.3 Å². The standard InChI is InChI=1S/C42H47N9O4S/c1-49(2)40-16-9-15-39-38(40)14-10-17-41(39)56(54,55)48-24-23-46-42(53)32-18-19-36(47-25-32)29-51(28-35-13-5-8-22-45-35)31-37(52)30-50(26-33-11-3-6-20-43-33)27-34-12-4-7-21-44-34/h3-22,25,37,48,52H,23-24,26-31H2,1-2H3,(H,46,53). The lowest BCUT2D eigenvalue weighted by molar-refractivity contribution is 0.0615. The summed E-state index contributed by atoms with van der Waals surface area (Å²) in [6.07, 6.45) is 6.06. The van der Waals surface area contributed by atoms with Gasteiger partial charge in [-0.2, -0.15) is 0 Å². The first kappa shape index (κ1) is 40.0. The molecule has 0 aliphatic rings. The average molecular weight is 774 g/mol. The second kappa shape index (κ2) is 19.3. The second-order valence-corrected chi connectivity index (χ2v) is 15.4. The van der Waals surface area contributed by atoms with Gasteiger partial charge in [0.25, 0.3) is 5.91 Å². The summed E-state index contributed by atoms with van der Waals surface area (Å²) in [4.78, 5) is 37.4. The Balaban J connectivity index is 1.05. The highest BCUT2D eigenvalue weighted by molar-refractivity contribution is 7.89. The average Bonchev–Trinajstić information content (AvgIpc) is 3.20. The zero-order chi connectivity index (χ0) is 39.3. The molecule has 0 bridgehead atoms. The van der Waals surface area contributed by atoms with E-state index >= 15 is 0 Å². The molecule has 0 radical (unpaired) electrons. The molecule has 6 aromatic rings. The molecule has 4 aromatic heterocycles. The van der Waals surface area contributed by atoms with E-state index in [0.717, 1.165) is 28.2 Å². The van der Waals surface area contributed by atoms with Crippen LogP contribution < -0.4 is 14.9 Å². The van der Waals surface area contributed by atoms with Crippen molar-refractivity contribution in [2.45, 2.75) is 37.2 Å². The minimum Gasteiger partial charge on any atom is -0.390 e. The molecule has 1 atom stereocenters. The van der Waals surface area contributed by atoms with E-state index < -0.39 is 16.1 Å². The highest BCUT2D eigenvalue weighted by Gasteiger charge is 2.20. The lowest BCUT2D eigenvalue weighted by Crippen LogP contribution is -2.40. The number of amides is 1. The molecule has 14 heteroatoms. The predicted molar refractivity (Wildman–Crippen MR) is 217 cm³/mol. The van der Waals surface area contributed by atoms with Crippen LogP contribution in [0.15, 0.2) is 133 Å². The number of nitrogens with one attached hydrogen (secondary N) is 2. The number of rotatable bonds is 19. The summed E-state index contributed by atoms with van der Waals surface area (Å²) in [6.45, 7) is 2.80. The molecule has 0 spiro atoms. The Morgan fingerprint density at radius 2 is 1.18 bits per heavy atom. The van der Waals surface area contributed by atoms with Crippen LogP contribution in [0.25, 0.3) is 10.8 Å². The summed E-state index contributed by atoms with van der Waals surface area (Å²) in [5, 5.41) is 15.7. The van der Waals surface area contributed by atoms with Crippen molar-refractivity contribution < 1.29 is 18.3 Å². The van der Waals surface area contributed by atoms with E-state index in [9.17, 15) is 18.3 Å². The third-order valence-electron chi connectivity index (χ3n) is 9.08. The van der Waals surface area contributed by atoms with Gasteiger partial charge in [-0.25, -0.2) is 13.1 Å². The Bertz CT molecular complexity index is 2220.